The van der Waals surface area contributed by atoms with Crippen LogP contribution in [0.3, 0.4) is 0 Å². The second-order valence-electron chi connectivity index (χ2n) is 6.78. The van der Waals surface area contributed by atoms with Crippen LogP contribution in [-0.4, -0.2) is 42.5 Å². The van der Waals surface area contributed by atoms with Gasteiger partial charge in [0.15, 0.2) is 6.61 Å². The first-order valence-electron chi connectivity index (χ1n) is 10.0. The Balaban J connectivity index is 2.09. The van der Waals surface area contributed by atoms with E-state index in [1.807, 2.05) is 68.4 Å². The predicted octanol–water partition coefficient (Wildman–Crippen LogP) is 4.05. The van der Waals surface area contributed by atoms with Crippen molar-refractivity contribution in [2.24, 2.45) is 0 Å². The number of hydrogen-bond donors (Lipinski definition) is 1. The quantitative estimate of drug-likeness (QED) is 0.467. The van der Waals surface area contributed by atoms with Gasteiger partial charge in [-0.2, -0.15) is 0 Å². The lowest BCUT2D eigenvalue weighted by Crippen LogP contribution is -2.51. The summed E-state index contributed by atoms with van der Waals surface area (Å²) in [6.07, 6.45) is 2.10. The molecule has 0 bridgehead atoms. The minimum Gasteiger partial charge on any atom is -0.484 e. The third-order valence-electron chi connectivity index (χ3n) is 4.60. The van der Waals surface area contributed by atoms with Gasteiger partial charge < -0.3 is 15.0 Å². The molecule has 0 saturated heterocycles. The maximum Gasteiger partial charge on any atom is 0.261 e. The summed E-state index contributed by atoms with van der Waals surface area (Å²) >= 11 is 2.22. The van der Waals surface area contributed by atoms with Crippen LogP contribution >= 0.6 is 22.6 Å². The van der Waals surface area contributed by atoms with Crippen LogP contribution in [0.2, 0.25) is 0 Å². The molecule has 0 aliphatic heterocycles. The molecule has 2 rings (SSSR count). The zero-order valence-corrected chi connectivity index (χ0v) is 19.2. The molecule has 0 spiro atoms. The number of carbonyl (C=O) groups excluding carboxylic acids is 2. The molecular weight excluding hydrogens is 479 g/mol. The number of amides is 2. The molecule has 2 aromatic rings. The van der Waals surface area contributed by atoms with Gasteiger partial charge >= 0.3 is 0 Å². The lowest BCUT2D eigenvalue weighted by Gasteiger charge is -2.30. The second kappa shape index (κ2) is 12.5. The Morgan fingerprint density at radius 2 is 1.76 bits per heavy atom. The van der Waals surface area contributed by atoms with Crippen LogP contribution in [0, 0.1) is 3.57 Å². The van der Waals surface area contributed by atoms with Crippen LogP contribution in [0.1, 0.15) is 32.3 Å². The first kappa shape index (κ1) is 23.2. The molecule has 0 aliphatic rings. The number of hydrogen-bond acceptors (Lipinski definition) is 3. The Kier molecular flexibility index (Phi) is 9.97. The molecule has 0 fully saturated rings. The van der Waals surface area contributed by atoms with Crippen LogP contribution in [0.5, 0.6) is 5.75 Å². The first-order chi connectivity index (χ1) is 14.0. The minimum atomic E-state index is -0.502. The van der Waals surface area contributed by atoms with E-state index in [1.54, 1.807) is 4.90 Å². The Morgan fingerprint density at radius 3 is 2.38 bits per heavy atom. The molecule has 1 unspecified atom stereocenters. The Morgan fingerprint density at radius 1 is 1.07 bits per heavy atom. The van der Waals surface area contributed by atoms with E-state index in [0.717, 1.165) is 15.6 Å². The summed E-state index contributed by atoms with van der Waals surface area (Å²) in [5, 5.41) is 2.92. The molecule has 0 heterocycles. The Bertz CT molecular complexity index is 765. The summed E-state index contributed by atoms with van der Waals surface area (Å²) in [5.74, 6) is 0.355. The molecule has 0 aliphatic carbocycles. The molecule has 5 nitrogen and oxygen atoms in total. The molecule has 1 atom stereocenters. The van der Waals surface area contributed by atoms with Crippen LogP contribution in [0.25, 0.3) is 0 Å². The van der Waals surface area contributed by atoms with Crippen molar-refractivity contribution in [3.8, 4) is 5.75 Å². The molecule has 1 N–H and O–H groups in total. The van der Waals surface area contributed by atoms with E-state index in [1.165, 1.54) is 0 Å². The van der Waals surface area contributed by atoms with E-state index in [0.29, 0.717) is 31.7 Å². The zero-order valence-electron chi connectivity index (χ0n) is 17.1. The number of nitrogens with zero attached hydrogens (tertiary/aromatic N) is 1. The van der Waals surface area contributed by atoms with Crippen molar-refractivity contribution < 1.29 is 14.3 Å². The summed E-state index contributed by atoms with van der Waals surface area (Å²) in [5.41, 5.74) is 1.13. The number of carbonyl (C=O) groups is 2. The van der Waals surface area contributed by atoms with E-state index >= 15 is 0 Å². The molecule has 2 aromatic carbocycles. The fraction of sp³-hybridized carbons (Fsp3) is 0.391. The van der Waals surface area contributed by atoms with Crippen LogP contribution < -0.4 is 10.1 Å². The monoisotopic (exact) mass is 508 g/mol. The fourth-order valence-electron chi connectivity index (χ4n) is 3.02. The number of benzene rings is 2. The van der Waals surface area contributed by atoms with Crippen molar-refractivity contribution in [1.29, 1.82) is 0 Å². The molecule has 6 heteroatoms. The van der Waals surface area contributed by atoms with Crippen LogP contribution in [-0.2, 0) is 16.0 Å². The fourth-order valence-corrected chi connectivity index (χ4v) is 3.38. The van der Waals surface area contributed by atoms with Gasteiger partial charge in [0.05, 0.1) is 0 Å². The number of nitrogens with one attached hydrogen (secondary N) is 1. The number of rotatable bonds is 11. The smallest absolute Gasteiger partial charge is 0.261 e. The van der Waals surface area contributed by atoms with Crippen molar-refractivity contribution in [1.82, 2.24) is 10.2 Å². The second-order valence-corrected chi connectivity index (χ2v) is 8.03. The summed E-state index contributed by atoms with van der Waals surface area (Å²) in [6.45, 7) is 4.92. The Labute approximate surface area is 187 Å². The predicted molar refractivity (Wildman–Crippen MR) is 124 cm³/mol. The van der Waals surface area contributed by atoms with Crippen molar-refractivity contribution in [3.05, 3.63) is 63.7 Å². The molecule has 29 heavy (non-hydrogen) atoms. The highest BCUT2D eigenvalue weighted by Gasteiger charge is 2.28. The van der Waals surface area contributed by atoms with Gasteiger partial charge in [-0.1, -0.05) is 44.2 Å². The van der Waals surface area contributed by atoms with Crippen molar-refractivity contribution >= 4 is 34.4 Å². The van der Waals surface area contributed by atoms with E-state index in [9.17, 15) is 9.59 Å². The Hall–Kier alpha value is -2.09. The van der Waals surface area contributed by atoms with Gasteiger partial charge in [-0.25, -0.2) is 0 Å². The topological polar surface area (TPSA) is 58.6 Å². The van der Waals surface area contributed by atoms with Crippen LogP contribution in [0.4, 0.5) is 0 Å². The van der Waals surface area contributed by atoms with Gasteiger partial charge in [-0.3, -0.25) is 9.59 Å². The number of halogens is 1. The molecular formula is C23H29IN2O3. The number of ether oxygens (including phenoxy) is 1. The summed E-state index contributed by atoms with van der Waals surface area (Å²) in [4.78, 5) is 27.3. The highest BCUT2D eigenvalue weighted by molar-refractivity contribution is 14.1. The third kappa shape index (κ3) is 7.68. The summed E-state index contributed by atoms with van der Waals surface area (Å²) < 4.78 is 6.79. The minimum absolute atomic E-state index is 0.0903. The molecule has 0 saturated carbocycles. The first-order valence-corrected chi connectivity index (χ1v) is 11.1. The summed E-state index contributed by atoms with van der Waals surface area (Å²) in [7, 11) is 0. The maximum absolute atomic E-state index is 13.0. The maximum atomic E-state index is 13.0. The van der Waals surface area contributed by atoms with Crippen molar-refractivity contribution in [2.75, 3.05) is 19.7 Å². The van der Waals surface area contributed by atoms with E-state index < -0.39 is 6.04 Å². The van der Waals surface area contributed by atoms with Gasteiger partial charge in [0, 0.05) is 16.7 Å². The lowest BCUT2D eigenvalue weighted by atomic mass is 10.1. The summed E-state index contributed by atoms with van der Waals surface area (Å²) in [6, 6.07) is 17.0. The highest BCUT2D eigenvalue weighted by Crippen LogP contribution is 2.15. The van der Waals surface area contributed by atoms with Crippen molar-refractivity contribution in [2.45, 2.75) is 39.2 Å². The molecule has 0 radical (unpaired) electrons. The normalized spacial score (nSPS) is 11.6. The van der Waals surface area contributed by atoms with Gasteiger partial charge in [0.2, 0.25) is 5.91 Å². The standard InChI is InChI=1S/C23H29IN2O3/c1-3-15-25-23(28)21(4-2)26(16-14-18-8-6-5-7-9-18)22(27)17-29-20-12-10-19(24)11-13-20/h5-13,21H,3-4,14-17H2,1-2H3,(H,25,28). The lowest BCUT2D eigenvalue weighted by molar-refractivity contribution is -0.142. The van der Waals surface area contributed by atoms with Crippen molar-refractivity contribution in [3.63, 3.8) is 0 Å². The zero-order chi connectivity index (χ0) is 21.1. The average Bonchev–Trinajstić information content (AvgIpc) is 2.75. The van der Waals surface area contributed by atoms with E-state index in [4.69, 9.17) is 4.74 Å². The van der Waals surface area contributed by atoms with Gasteiger partial charge in [-0.15, -0.1) is 0 Å². The van der Waals surface area contributed by atoms with Gasteiger partial charge in [0.25, 0.3) is 5.91 Å². The molecule has 2 amide bonds. The van der Waals surface area contributed by atoms with Gasteiger partial charge in [0.1, 0.15) is 11.8 Å². The van der Waals surface area contributed by atoms with Gasteiger partial charge in [-0.05, 0) is 71.7 Å². The third-order valence-corrected chi connectivity index (χ3v) is 5.31. The van der Waals surface area contributed by atoms with Crippen LogP contribution in [0.15, 0.2) is 54.6 Å². The van der Waals surface area contributed by atoms with E-state index in [2.05, 4.69) is 27.9 Å². The SMILES string of the molecule is CCCNC(=O)C(CC)N(CCc1ccccc1)C(=O)COc1ccc(I)cc1. The average molecular weight is 508 g/mol. The largest absolute Gasteiger partial charge is 0.484 e. The van der Waals surface area contributed by atoms with E-state index in [-0.39, 0.29) is 18.4 Å². The molecule has 0 aromatic heterocycles. The highest BCUT2D eigenvalue weighted by atomic mass is 127. The molecule has 156 valence electrons.